The zero-order chi connectivity index (χ0) is 37.4. The molecule has 0 aliphatic heterocycles. The maximum Gasteiger partial charge on any atom is 0.247 e. The molecule has 0 bridgehead atoms. The largest absolute Gasteiger partial charge is 0.370 e. The van der Waals surface area contributed by atoms with Gasteiger partial charge in [0.25, 0.3) is 0 Å². The summed E-state index contributed by atoms with van der Waals surface area (Å²) in [7, 11) is 0. The molecule has 0 saturated heterocycles. The van der Waals surface area contributed by atoms with Gasteiger partial charge in [0.05, 0.1) is 0 Å². The summed E-state index contributed by atoms with van der Waals surface area (Å²) in [6, 6.07) is 11.4. The number of rotatable bonds is 19. The normalized spacial score (nSPS) is 13.9. The Morgan fingerprint density at radius 3 is 1.64 bits per heavy atom. The average Bonchev–Trinajstić information content (AvgIpc) is 3.05. The molecule has 2 rings (SSSR count). The lowest BCUT2D eigenvalue weighted by Crippen LogP contribution is -2.59. The fourth-order valence-electron chi connectivity index (χ4n) is 5.14. The minimum absolute atomic E-state index is 0.0631. The predicted octanol–water partition coefficient (Wildman–Crippen LogP) is 0.417. The summed E-state index contributed by atoms with van der Waals surface area (Å²) in [4.78, 5) is 82.7. The first-order valence-corrected chi connectivity index (χ1v) is 16.5. The topological polar surface area (TPSA) is 253 Å². The summed E-state index contributed by atoms with van der Waals surface area (Å²) in [5, 5.41) is 13.4. The van der Waals surface area contributed by atoms with Crippen molar-refractivity contribution >= 4 is 41.4 Å². The lowest BCUT2D eigenvalue weighted by Gasteiger charge is -2.29. The molecule has 11 N–H and O–H groups in total. The minimum atomic E-state index is -1.15. The molecule has 0 radical (unpaired) electrons. The standard InChI is InChI=1S/C35H51N9O6/c1-20(2)19-26(32(48)43-27(21(3)4)33(49)44-28(30(36)46)23-13-8-6-9-14-23)42-31(47)25(17-12-18-39-35(37)38)41-34(50)29(40-22(5)45)24-15-10-7-11-16-24/h6-11,13-16,20-21,25-29H,12,17-19H2,1-5H3,(H2,36,46)(H,40,45)(H,41,50)(H,42,47)(H,43,48)(H,44,49)(H4,37,38,39)/t25-,26-,27-,28-,29-/m0/s1. The molecule has 0 spiro atoms. The van der Waals surface area contributed by atoms with Gasteiger partial charge < -0.3 is 43.8 Å². The third-order valence-corrected chi connectivity index (χ3v) is 7.61. The molecule has 15 heteroatoms. The van der Waals surface area contributed by atoms with Crippen molar-refractivity contribution in [2.24, 2.45) is 34.0 Å². The van der Waals surface area contributed by atoms with Gasteiger partial charge in [-0.15, -0.1) is 0 Å². The van der Waals surface area contributed by atoms with Crippen LogP contribution in [0, 0.1) is 11.8 Å². The highest BCUT2D eigenvalue weighted by molar-refractivity contribution is 5.96. The van der Waals surface area contributed by atoms with E-state index < -0.39 is 71.6 Å². The van der Waals surface area contributed by atoms with Crippen molar-refractivity contribution in [2.45, 2.75) is 84.1 Å². The Balaban J connectivity index is 2.31. The summed E-state index contributed by atoms with van der Waals surface area (Å²) in [6.45, 7) is 8.63. The van der Waals surface area contributed by atoms with Crippen molar-refractivity contribution in [3.63, 3.8) is 0 Å². The number of guanidine groups is 1. The molecule has 0 heterocycles. The number of nitrogens with one attached hydrogen (secondary N) is 5. The number of primary amides is 1. The molecule has 5 atom stereocenters. The van der Waals surface area contributed by atoms with E-state index in [1.54, 1.807) is 74.5 Å². The molecule has 0 unspecified atom stereocenters. The second kappa shape index (κ2) is 20.1. The Hall–Kier alpha value is -5.47. The van der Waals surface area contributed by atoms with Gasteiger partial charge in [0.15, 0.2) is 5.96 Å². The van der Waals surface area contributed by atoms with E-state index in [1.165, 1.54) is 6.92 Å². The van der Waals surface area contributed by atoms with Crippen LogP contribution in [0.25, 0.3) is 0 Å². The molecule has 2 aromatic rings. The first-order valence-electron chi connectivity index (χ1n) is 16.5. The number of hydrogen-bond donors (Lipinski definition) is 8. The summed E-state index contributed by atoms with van der Waals surface area (Å²) in [5.74, 6) is -4.41. The van der Waals surface area contributed by atoms with Crippen LogP contribution in [0.2, 0.25) is 0 Å². The Morgan fingerprint density at radius 2 is 1.16 bits per heavy atom. The van der Waals surface area contributed by atoms with E-state index in [1.807, 2.05) is 13.8 Å². The monoisotopic (exact) mass is 693 g/mol. The molecule has 0 aliphatic rings. The van der Waals surface area contributed by atoms with Gasteiger partial charge in [-0.3, -0.25) is 33.8 Å². The lowest BCUT2D eigenvalue weighted by atomic mass is 9.98. The molecule has 2 aromatic carbocycles. The smallest absolute Gasteiger partial charge is 0.247 e. The van der Waals surface area contributed by atoms with Crippen molar-refractivity contribution in [1.29, 1.82) is 0 Å². The second-order valence-corrected chi connectivity index (χ2v) is 12.7. The van der Waals surface area contributed by atoms with Crippen LogP contribution < -0.4 is 43.8 Å². The number of aliphatic imine (C=N–C) groups is 1. The van der Waals surface area contributed by atoms with Gasteiger partial charge in [-0.05, 0) is 42.2 Å². The van der Waals surface area contributed by atoms with Gasteiger partial charge in [0.2, 0.25) is 35.4 Å². The van der Waals surface area contributed by atoms with E-state index >= 15 is 0 Å². The second-order valence-electron chi connectivity index (χ2n) is 12.7. The van der Waals surface area contributed by atoms with Crippen LogP contribution in [0.4, 0.5) is 0 Å². The number of nitrogens with zero attached hydrogens (tertiary/aromatic N) is 1. The van der Waals surface area contributed by atoms with Crippen LogP contribution in [0.15, 0.2) is 65.7 Å². The Morgan fingerprint density at radius 1 is 0.640 bits per heavy atom. The fourth-order valence-corrected chi connectivity index (χ4v) is 5.14. The summed E-state index contributed by atoms with van der Waals surface area (Å²) in [5.41, 5.74) is 17.5. The van der Waals surface area contributed by atoms with Gasteiger partial charge in [-0.25, -0.2) is 0 Å². The molecule has 6 amide bonds. The molecule has 0 aromatic heterocycles. The first-order chi connectivity index (χ1) is 23.6. The highest BCUT2D eigenvalue weighted by Crippen LogP contribution is 2.16. The summed E-state index contributed by atoms with van der Waals surface area (Å²) in [6.07, 6.45) is 0.591. The third-order valence-electron chi connectivity index (χ3n) is 7.61. The maximum atomic E-state index is 13.8. The van der Waals surface area contributed by atoms with Gasteiger partial charge in [-0.1, -0.05) is 88.4 Å². The van der Waals surface area contributed by atoms with Crippen LogP contribution in [0.5, 0.6) is 0 Å². The minimum Gasteiger partial charge on any atom is -0.370 e. The molecule has 0 fully saturated rings. The van der Waals surface area contributed by atoms with Gasteiger partial charge in [0.1, 0.15) is 30.2 Å². The molecule has 0 aliphatic carbocycles. The number of carbonyl (C=O) groups excluding carboxylic acids is 6. The molecular weight excluding hydrogens is 642 g/mol. The van der Waals surface area contributed by atoms with Gasteiger partial charge in [0, 0.05) is 13.5 Å². The number of benzene rings is 2. The maximum absolute atomic E-state index is 13.8. The molecule has 15 nitrogen and oxygen atoms in total. The lowest BCUT2D eigenvalue weighted by molar-refractivity contribution is -0.135. The molecule has 50 heavy (non-hydrogen) atoms. The van der Waals surface area contributed by atoms with Crippen LogP contribution in [0.3, 0.4) is 0 Å². The number of carbonyl (C=O) groups is 6. The highest BCUT2D eigenvalue weighted by atomic mass is 16.2. The molecular formula is C35H51N9O6. The molecule has 0 saturated carbocycles. The Labute approximate surface area is 293 Å². The van der Waals surface area contributed by atoms with E-state index in [0.29, 0.717) is 17.5 Å². The predicted molar refractivity (Wildman–Crippen MR) is 190 cm³/mol. The van der Waals surface area contributed by atoms with Gasteiger partial charge >= 0.3 is 0 Å². The SMILES string of the molecule is CC(=O)N[C@H](C(=O)N[C@@H](CCCN=C(N)N)C(=O)N[C@@H](CC(C)C)C(=O)N[C@H](C(=O)N[C@H](C(N)=O)c1ccccc1)C(C)C)c1ccccc1. The summed E-state index contributed by atoms with van der Waals surface area (Å²) < 4.78 is 0. The van der Waals surface area contributed by atoms with E-state index in [-0.39, 0.29) is 31.3 Å². The van der Waals surface area contributed by atoms with E-state index in [0.717, 1.165) is 0 Å². The van der Waals surface area contributed by atoms with E-state index in [2.05, 4.69) is 31.6 Å². The first kappa shape index (κ1) is 40.7. The number of nitrogens with two attached hydrogens (primary N) is 3. The van der Waals surface area contributed by atoms with Crippen molar-refractivity contribution in [3.05, 3.63) is 71.8 Å². The fraction of sp³-hybridized carbons (Fsp3) is 0.457. The molecule has 272 valence electrons. The van der Waals surface area contributed by atoms with Gasteiger partial charge in [-0.2, -0.15) is 0 Å². The average molecular weight is 694 g/mol. The van der Waals surface area contributed by atoms with Crippen molar-refractivity contribution < 1.29 is 28.8 Å². The van der Waals surface area contributed by atoms with E-state index in [9.17, 15) is 28.8 Å². The zero-order valence-corrected chi connectivity index (χ0v) is 29.3. The van der Waals surface area contributed by atoms with Crippen molar-refractivity contribution in [2.75, 3.05) is 6.54 Å². The van der Waals surface area contributed by atoms with Crippen LogP contribution in [0.1, 0.15) is 77.1 Å². The van der Waals surface area contributed by atoms with Crippen LogP contribution >= 0.6 is 0 Å². The zero-order valence-electron chi connectivity index (χ0n) is 29.3. The van der Waals surface area contributed by atoms with Crippen molar-refractivity contribution in [1.82, 2.24) is 26.6 Å². The quantitative estimate of drug-likeness (QED) is 0.0580. The number of amides is 6. The Bertz CT molecular complexity index is 1480. The van der Waals surface area contributed by atoms with Crippen LogP contribution in [-0.2, 0) is 28.8 Å². The van der Waals surface area contributed by atoms with Crippen LogP contribution in [-0.4, -0.2) is 66.1 Å². The van der Waals surface area contributed by atoms with E-state index in [4.69, 9.17) is 17.2 Å². The van der Waals surface area contributed by atoms with Crippen molar-refractivity contribution in [3.8, 4) is 0 Å². The Kier molecular flexibility index (Phi) is 16.4. The summed E-state index contributed by atoms with van der Waals surface area (Å²) >= 11 is 0. The number of hydrogen-bond acceptors (Lipinski definition) is 7. The third kappa shape index (κ3) is 13.6. The highest BCUT2D eigenvalue weighted by Gasteiger charge is 2.34.